The molecule has 1 aromatic carbocycles. The lowest BCUT2D eigenvalue weighted by molar-refractivity contribution is -0.121. The molecule has 7 nitrogen and oxygen atoms in total. The Hall–Kier alpha value is -3.22. The largest absolute Gasteiger partial charge is 0.339 e. The standard InChI is InChI=1S/C24H27N5O2/c1-2-29-15-18(14-25-29)26-23(30)17-9-11-28(12-10-17)24(31)20-13-22(16-7-8-16)27-21-6-4-3-5-19(20)21/h3-6,13-17H,2,7-12H2,1H3,(H,26,30). The highest BCUT2D eigenvalue weighted by Gasteiger charge is 2.31. The number of piperidine rings is 1. The molecule has 1 aliphatic carbocycles. The summed E-state index contributed by atoms with van der Waals surface area (Å²) in [6.07, 6.45) is 7.14. The van der Waals surface area contributed by atoms with Crippen LogP contribution < -0.4 is 5.32 Å². The lowest BCUT2D eigenvalue weighted by Crippen LogP contribution is -2.41. The highest BCUT2D eigenvalue weighted by atomic mass is 16.2. The number of aryl methyl sites for hydroxylation is 1. The van der Waals surface area contributed by atoms with Crippen LogP contribution in [0.25, 0.3) is 10.9 Å². The number of nitrogens with zero attached hydrogens (tertiary/aromatic N) is 4. The van der Waals surface area contributed by atoms with Crippen molar-refractivity contribution < 1.29 is 9.59 Å². The van der Waals surface area contributed by atoms with Crippen molar-refractivity contribution in [1.82, 2.24) is 19.7 Å². The smallest absolute Gasteiger partial charge is 0.254 e. The number of para-hydroxylation sites is 1. The van der Waals surface area contributed by atoms with Crippen LogP contribution >= 0.6 is 0 Å². The van der Waals surface area contributed by atoms with Gasteiger partial charge in [0.1, 0.15) is 0 Å². The summed E-state index contributed by atoms with van der Waals surface area (Å²) in [7, 11) is 0. The van der Waals surface area contributed by atoms with Crippen LogP contribution in [0.15, 0.2) is 42.7 Å². The number of carbonyl (C=O) groups is 2. The van der Waals surface area contributed by atoms with E-state index in [1.807, 2.05) is 48.4 Å². The van der Waals surface area contributed by atoms with Crippen molar-refractivity contribution in [3.05, 3.63) is 54.0 Å². The van der Waals surface area contributed by atoms with Crippen molar-refractivity contribution in [1.29, 1.82) is 0 Å². The minimum atomic E-state index is -0.0924. The van der Waals surface area contributed by atoms with Crippen LogP contribution in [0, 0.1) is 5.92 Å². The number of pyridine rings is 1. The number of carbonyl (C=O) groups excluding carboxylic acids is 2. The normalized spacial score (nSPS) is 17.1. The van der Waals surface area contributed by atoms with Crippen molar-refractivity contribution in [3.8, 4) is 0 Å². The molecule has 3 aromatic rings. The first-order chi connectivity index (χ1) is 15.1. The molecule has 0 atom stereocenters. The Kier molecular flexibility index (Phi) is 5.18. The average Bonchev–Trinajstić information content (AvgIpc) is 3.57. The van der Waals surface area contributed by atoms with Gasteiger partial charge in [-0.25, -0.2) is 0 Å². The predicted molar refractivity (Wildman–Crippen MR) is 119 cm³/mol. The van der Waals surface area contributed by atoms with E-state index in [0.717, 1.165) is 47.2 Å². The number of aromatic nitrogens is 3. The molecular weight excluding hydrogens is 390 g/mol. The number of anilines is 1. The summed E-state index contributed by atoms with van der Waals surface area (Å²) in [5.74, 6) is 0.449. The average molecular weight is 418 g/mol. The third-order valence-electron chi connectivity index (χ3n) is 6.34. The van der Waals surface area contributed by atoms with Crippen LogP contribution in [0.3, 0.4) is 0 Å². The molecule has 1 aliphatic heterocycles. The molecule has 0 bridgehead atoms. The fourth-order valence-corrected chi connectivity index (χ4v) is 4.32. The number of fused-ring (bicyclic) bond motifs is 1. The zero-order valence-electron chi connectivity index (χ0n) is 17.8. The van der Waals surface area contributed by atoms with Crippen molar-refractivity contribution in [2.24, 2.45) is 5.92 Å². The lowest BCUT2D eigenvalue weighted by atomic mass is 9.95. The Morgan fingerprint density at radius 3 is 2.61 bits per heavy atom. The van der Waals surface area contributed by atoms with E-state index in [9.17, 15) is 9.59 Å². The highest BCUT2D eigenvalue weighted by molar-refractivity contribution is 6.06. The van der Waals surface area contributed by atoms with Gasteiger partial charge >= 0.3 is 0 Å². The summed E-state index contributed by atoms with van der Waals surface area (Å²) in [5, 5.41) is 8.06. The molecule has 2 amide bonds. The number of rotatable bonds is 5. The van der Waals surface area contributed by atoms with Crippen LogP contribution in [-0.2, 0) is 11.3 Å². The third-order valence-corrected chi connectivity index (χ3v) is 6.34. The molecule has 2 fully saturated rings. The second-order valence-corrected chi connectivity index (χ2v) is 8.53. The van der Waals surface area contributed by atoms with Gasteiger partial charge in [-0.15, -0.1) is 0 Å². The molecule has 3 heterocycles. The summed E-state index contributed by atoms with van der Waals surface area (Å²) in [4.78, 5) is 32.7. The second-order valence-electron chi connectivity index (χ2n) is 8.53. The van der Waals surface area contributed by atoms with Gasteiger partial charge in [-0.3, -0.25) is 19.3 Å². The predicted octanol–water partition coefficient (Wildman–Crippen LogP) is 3.82. The summed E-state index contributed by atoms with van der Waals surface area (Å²) in [6.45, 7) is 3.94. The Labute approximate surface area is 181 Å². The Morgan fingerprint density at radius 2 is 1.90 bits per heavy atom. The van der Waals surface area contributed by atoms with Gasteiger partial charge < -0.3 is 10.2 Å². The molecule has 2 aliphatic rings. The van der Waals surface area contributed by atoms with Crippen LogP contribution in [0.1, 0.15) is 54.6 Å². The first-order valence-corrected chi connectivity index (χ1v) is 11.1. The molecule has 0 radical (unpaired) electrons. The molecular formula is C24H27N5O2. The van der Waals surface area contributed by atoms with Crippen molar-refractivity contribution in [2.75, 3.05) is 18.4 Å². The first-order valence-electron chi connectivity index (χ1n) is 11.1. The summed E-state index contributed by atoms with van der Waals surface area (Å²) < 4.78 is 1.78. The quantitative estimate of drug-likeness (QED) is 0.684. The van der Waals surface area contributed by atoms with Crippen LogP contribution in [0.5, 0.6) is 0 Å². The van der Waals surface area contributed by atoms with E-state index < -0.39 is 0 Å². The zero-order valence-corrected chi connectivity index (χ0v) is 17.8. The van der Waals surface area contributed by atoms with E-state index >= 15 is 0 Å². The molecule has 1 N–H and O–H groups in total. The van der Waals surface area contributed by atoms with Crippen LogP contribution in [0.4, 0.5) is 5.69 Å². The number of likely N-dealkylation sites (tertiary alicyclic amines) is 1. The third kappa shape index (κ3) is 4.04. The SMILES string of the molecule is CCn1cc(NC(=O)C2CCN(C(=O)c3cc(C4CC4)nc4ccccc34)CC2)cn1. The maximum absolute atomic E-state index is 13.4. The number of benzene rings is 1. The van der Waals surface area contributed by atoms with Gasteiger partial charge in [-0.1, -0.05) is 18.2 Å². The second kappa shape index (κ2) is 8.13. The topological polar surface area (TPSA) is 80.1 Å². The molecule has 0 spiro atoms. The van der Waals surface area contributed by atoms with E-state index in [-0.39, 0.29) is 17.7 Å². The fraction of sp³-hybridized carbons (Fsp3) is 0.417. The van der Waals surface area contributed by atoms with Crippen molar-refractivity contribution >= 4 is 28.4 Å². The van der Waals surface area contributed by atoms with E-state index in [2.05, 4.69) is 10.4 Å². The van der Waals surface area contributed by atoms with Crippen LogP contribution in [0.2, 0.25) is 0 Å². The summed E-state index contributed by atoms with van der Waals surface area (Å²) >= 11 is 0. The molecule has 31 heavy (non-hydrogen) atoms. The first kappa shape index (κ1) is 19.7. The summed E-state index contributed by atoms with van der Waals surface area (Å²) in [6, 6.07) is 9.87. The van der Waals surface area contributed by atoms with Gasteiger partial charge in [0.25, 0.3) is 5.91 Å². The number of amides is 2. The summed E-state index contributed by atoms with van der Waals surface area (Å²) in [5.41, 5.74) is 3.38. The van der Waals surface area contributed by atoms with Gasteiger partial charge in [0.15, 0.2) is 0 Å². The number of hydrogen-bond acceptors (Lipinski definition) is 4. The number of nitrogens with one attached hydrogen (secondary N) is 1. The van der Waals surface area contributed by atoms with Gasteiger partial charge in [0, 0.05) is 48.7 Å². The van der Waals surface area contributed by atoms with E-state index in [1.54, 1.807) is 10.9 Å². The van der Waals surface area contributed by atoms with E-state index in [0.29, 0.717) is 31.8 Å². The molecule has 5 rings (SSSR count). The maximum atomic E-state index is 13.4. The molecule has 0 unspecified atom stereocenters. The molecule has 2 aromatic heterocycles. The fourth-order valence-electron chi connectivity index (χ4n) is 4.32. The maximum Gasteiger partial charge on any atom is 0.254 e. The van der Waals surface area contributed by atoms with E-state index in [1.165, 1.54) is 0 Å². The van der Waals surface area contributed by atoms with Gasteiger partial charge in [0.2, 0.25) is 5.91 Å². The van der Waals surface area contributed by atoms with Gasteiger partial charge in [-0.2, -0.15) is 5.10 Å². The molecule has 160 valence electrons. The molecule has 1 saturated heterocycles. The zero-order chi connectivity index (χ0) is 21.4. The van der Waals surface area contributed by atoms with Crippen molar-refractivity contribution in [2.45, 2.75) is 45.1 Å². The Morgan fingerprint density at radius 1 is 1.13 bits per heavy atom. The number of hydrogen-bond donors (Lipinski definition) is 1. The van der Waals surface area contributed by atoms with Crippen LogP contribution in [-0.4, -0.2) is 44.6 Å². The lowest BCUT2D eigenvalue weighted by Gasteiger charge is -2.31. The highest BCUT2D eigenvalue weighted by Crippen LogP contribution is 2.40. The minimum absolute atomic E-state index is 0.00753. The minimum Gasteiger partial charge on any atom is -0.339 e. The van der Waals surface area contributed by atoms with E-state index in [4.69, 9.17) is 4.98 Å². The van der Waals surface area contributed by atoms with Gasteiger partial charge in [0.05, 0.1) is 23.0 Å². The molecule has 1 saturated carbocycles. The Balaban J connectivity index is 1.27. The Bertz CT molecular complexity index is 1130. The monoisotopic (exact) mass is 417 g/mol. The molecule has 7 heteroatoms. The van der Waals surface area contributed by atoms with Crippen molar-refractivity contribution in [3.63, 3.8) is 0 Å². The van der Waals surface area contributed by atoms with Gasteiger partial charge in [-0.05, 0) is 44.7 Å².